The van der Waals surface area contributed by atoms with Crippen LogP contribution in [0.4, 0.5) is 5.69 Å². The Hall–Kier alpha value is -2.21. The minimum atomic E-state index is 0.650. The summed E-state index contributed by atoms with van der Waals surface area (Å²) >= 11 is 1.75. The lowest BCUT2D eigenvalue weighted by atomic mass is 10.3. The maximum atomic E-state index is 5.71. The molecule has 21 heavy (non-hydrogen) atoms. The van der Waals surface area contributed by atoms with Gasteiger partial charge in [0.25, 0.3) is 0 Å². The van der Waals surface area contributed by atoms with Gasteiger partial charge in [0.05, 0.1) is 24.2 Å². The van der Waals surface area contributed by atoms with Crippen LogP contribution < -0.4 is 5.32 Å². The highest BCUT2D eigenvalue weighted by molar-refractivity contribution is 7.97. The van der Waals surface area contributed by atoms with Crippen LogP contribution in [0.1, 0.15) is 11.5 Å². The molecule has 0 aliphatic heterocycles. The van der Waals surface area contributed by atoms with Gasteiger partial charge in [0.2, 0.25) is 0 Å². The van der Waals surface area contributed by atoms with Crippen LogP contribution in [0.25, 0.3) is 5.82 Å². The van der Waals surface area contributed by atoms with E-state index in [0.717, 1.165) is 28.8 Å². The predicted molar refractivity (Wildman–Crippen MR) is 84.6 cm³/mol. The summed E-state index contributed by atoms with van der Waals surface area (Å²) in [6.45, 7) is 0.650. The highest BCUT2D eigenvalue weighted by atomic mass is 32.2. The number of pyridine rings is 1. The molecule has 0 saturated carbocycles. The summed E-state index contributed by atoms with van der Waals surface area (Å²) in [4.78, 5) is 4.37. The van der Waals surface area contributed by atoms with Gasteiger partial charge in [0, 0.05) is 12.4 Å². The normalized spacial score (nSPS) is 10.7. The van der Waals surface area contributed by atoms with Crippen molar-refractivity contribution in [2.24, 2.45) is 0 Å². The monoisotopic (exact) mass is 300 g/mol. The van der Waals surface area contributed by atoms with Gasteiger partial charge >= 0.3 is 0 Å². The largest absolute Gasteiger partial charge is 0.463 e. The Labute approximate surface area is 127 Å². The second-order valence-electron chi connectivity index (χ2n) is 4.51. The molecule has 0 fully saturated rings. The van der Waals surface area contributed by atoms with Crippen LogP contribution in [0, 0.1) is 0 Å². The molecule has 1 N–H and O–H groups in total. The number of hydrogen-bond acceptors (Lipinski definition) is 5. The lowest BCUT2D eigenvalue weighted by Gasteiger charge is -2.05. The van der Waals surface area contributed by atoms with Crippen LogP contribution in [0.15, 0.2) is 53.3 Å². The van der Waals surface area contributed by atoms with Gasteiger partial charge in [-0.2, -0.15) is 16.9 Å². The third kappa shape index (κ3) is 3.46. The zero-order valence-corrected chi connectivity index (χ0v) is 12.5. The van der Waals surface area contributed by atoms with E-state index in [1.165, 1.54) is 0 Å². The minimum absolute atomic E-state index is 0.650. The molecule has 0 radical (unpaired) electrons. The van der Waals surface area contributed by atoms with Crippen molar-refractivity contribution in [2.45, 2.75) is 12.3 Å². The zero-order valence-electron chi connectivity index (χ0n) is 11.7. The first-order valence-electron chi connectivity index (χ1n) is 6.61. The van der Waals surface area contributed by atoms with Crippen LogP contribution in [0.2, 0.25) is 0 Å². The lowest BCUT2D eigenvalue weighted by Crippen LogP contribution is -2.01. The van der Waals surface area contributed by atoms with E-state index in [4.69, 9.17) is 4.42 Å². The molecule has 3 aromatic rings. The van der Waals surface area contributed by atoms with E-state index < -0.39 is 0 Å². The van der Waals surface area contributed by atoms with E-state index in [-0.39, 0.29) is 0 Å². The van der Waals surface area contributed by atoms with Crippen molar-refractivity contribution >= 4 is 17.4 Å². The van der Waals surface area contributed by atoms with Crippen LogP contribution in [-0.2, 0) is 12.3 Å². The molecule has 3 aromatic heterocycles. The Morgan fingerprint density at radius 3 is 2.86 bits per heavy atom. The molecular formula is C15H16N4OS. The zero-order chi connectivity index (χ0) is 14.5. The number of nitrogens with zero attached hydrogens (tertiary/aromatic N) is 3. The summed E-state index contributed by atoms with van der Waals surface area (Å²) in [5, 5.41) is 7.44. The molecule has 0 spiro atoms. The van der Waals surface area contributed by atoms with Gasteiger partial charge in [0.1, 0.15) is 11.5 Å². The summed E-state index contributed by atoms with van der Waals surface area (Å²) in [5.41, 5.74) is 0.953. The summed E-state index contributed by atoms with van der Waals surface area (Å²) < 4.78 is 7.44. The Morgan fingerprint density at radius 2 is 2.14 bits per heavy atom. The Kier molecular flexibility index (Phi) is 4.25. The van der Waals surface area contributed by atoms with Gasteiger partial charge < -0.3 is 9.73 Å². The Morgan fingerprint density at radius 1 is 1.24 bits per heavy atom. The quantitative estimate of drug-likeness (QED) is 0.756. The number of hydrogen-bond donors (Lipinski definition) is 1. The fraction of sp³-hybridized carbons (Fsp3) is 0.200. The summed E-state index contributed by atoms with van der Waals surface area (Å²) in [5.74, 6) is 3.63. The molecule has 0 unspecified atom stereocenters. The van der Waals surface area contributed by atoms with E-state index in [1.807, 2.05) is 36.5 Å². The van der Waals surface area contributed by atoms with Gasteiger partial charge in [-0.3, -0.25) is 0 Å². The van der Waals surface area contributed by atoms with E-state index >= 15 is 0 Å². The van der Waals surface area contributed by atoms with Crippen molar-refractivity contribution in [1.29, 1.82) is 0 Å². The molecular weight excluding hydrogens is 284 g/mol. The highest BCUT2D eigenvalue weighted by Gasteiger charge is 2.02. The number of thioether (sulfide) groups is 1. The molecule has 0 amide bonds. The average Bonchev–Trinajstić information content (AvgIpc) is 3.18. The SMILES string of the molecule is CSCc1ccc(CNc2ccc(-n3cccn3)nc2)o1. The number of rotatable bonds is 6. The Bertz CT molecular complexity index is 676. The van der Waals surface area contributed by atoms with E-state index in [9.17, 15) is 0 Å². The summed E-state index contributed by atoms with van der Waals surface area (Å²) in [7, 11) is 0. The molecule has 0 atom stereocenters. The maximum absolute atomic E-state index is 5.71. The van der Waals surface area contributed by atoms with Crippen molar-refractivity contribution < 1.29 is 4.42 Å². The molecule has 6 heteroatoms. The first kappa shape index (κ1) is 13.8. The molecule has 108 valence electrons. The van der Waals surface area contributed by atoms with Crippen LogP contribution in [0.3, 0.4) is 0 Å². The smallest absolute Gasteiger partial charge is 0.153 e. The van der Waals surface area contributed by atoms with E-state index in [1.54, 1.807) is 28.8 Å². The van der Waals surface area contributed by atoms with Crippen LogP contribution >= 0.6 is 11.8 Å². The lowest BCUT2D eigenvalue weighted by molar-refractivity contribution is 0.487. The third-order valence-electron chi connectivity index (χ3n) is 2.96. The molecule has 0 saturated heterocycles. The maximum Gasteiger partial charge on any atom is 0.153 e. The van der Waals surface area contributed by atoms with Gasteiger partial charge in [-0.1, -0.05) is 0 Å². The van der Waals surface area contributed by atoms with Crippen molar-refractivity contribution in [3.05, 3.63) is 60.4 Å². The average molecular weight is 300 g/mol. The van der Waals surface area contributed by atoms with E-state index in [2.05, 4.69) is 21.7 Å². The number of nitrogens with one attached hydrogen (secondary N) is 1. The first-order valence-corrected chi connectivity index (χ1v) is 8.01. The highest BCUT2D eigenvalue weighted by Crippen LogP contribution is 2.15. The standard InChI is InChI=1S/C15H16N4OS/c1-21-11-14-5-4-13(20-14)10-16-12-3-6-15(17-9-12)19-8-2-7-18-19/h2-9,16H,10-11H2,1H3. The molecule has 3 heterocycles. The number of anilines is 1. The fourth-order valence-corrected chi connectivity index (χ4v) is 2.40. The summed E-state index contributed by atoms with van der Waals surface area (Å²) in [6.07, 6.45) is 7.46. The fourth-order valence-electron chi connectivity index (χ4n) is 1.96. The third-order valence-corrected chi connectivity index (χ3v) is 3.53. The number of furan rings is 1. The second kappa shape index (κ2) is 6.49. The van der Waals surface area contributed by atoms with Crippen molar-refractivity contribution in [3.63, 3.8) is 0 Å². The molecule has 0 aromatic carbocycles. The van der Waals surface area contributed by atoms with Crippen molar-refractivity contribution in [2.75, 3.05) is 11.6 Å². The van der Waals surface area contributed by atoms with Crippen molar-refractivity contribution in [3.8, 4) is 5.82 Å². The van der Waals surface area contributed by atoms with Gasteiger partial charge in [0.15, 0.2) is 5.82 Å². The summed E-state index contributed by atoms with van der Waals surface area (Å²) in [6, 6.07) is 9.81. The van der Waals surface area contributed by atoms with E-state index in [0.29, 0.717) is 6.54 Å². The van der Waals surface area contributed by atoms with Crippen LogP contribution in [0.5, 0.6) is 0 Å². The van der Waals surface area contributed by atoms with Crippen LogP contribution in [-0.4, -0.2) is 21.0 Å². The minimum Gasteiger partial charge on any atom is -0.463 e. The first-order chi connectivity index (χ1) is 10.3. The molecule has 0 aliphatic carbocycles. The Balaban J connectivity index is 1.60. The second-order valence-corrected chi connectivity index (χ2v) is 5.38. The van der Waals surface area contributed by atoms with Gasteiger partial charge in [-0.25, -0.2) is 9.67 Å². The molecule has 3 rings (SSSR count). The van der Waals surface area contributed by atoms with Gasteiger partial charge in [-0.05, 0) is 36.6 Å². The molecule has 0 aliphatic rings. The van der Waals surface area contributed by atoms with Crippen molar-refractivity contribution in [1.82, 2.24) is 14.8 Å². The van der Waals surface area contributed by atoms with Gasteiger partial charge in [-0.15, -0.1) is 0 Å². The topological polar surface area (TPSA) is 55.9 Å². The molecule has 5 nitrogen and oxygen atoms in total. The predicted octanol–water partition coefficient (Wildman–Crippen LogP) is 3.34. The molecule has 0 bridgehead atoms. The number of aromatic nitrogens is 3.